The van der Waals surface area contributed by atoms with Crippen LogP contribution in [0.5, 0.6) is 0 Å². The number of aromatic nitrogens is 2. The number of carboxylic acids is 1. The summed E-state index contributed by atoms with van der Waals surface area (Å²) in [6.45, 7) is 1.83. The van der Waals surface area contributed by atoms with Crippen molar-refractivity contribution in [3.8, 4) is 0 Å². The van der Waals surface area contributed by atoms with E-state index >= 15 is 0 Å². The fourth-order valence-corrected chi connectivity index (χ4v) is 2.96. The van der Waals surface area contributed by atoms with Crippen LogP contribution in [0.25, 0.3) is 11.0 Å². The summed E-state index contributed by atoms with van der Waals surface area (Å²) in [6, 6.07) is 5.01. The maximum atomic E-state index is 12.2. The zero-order valence-corrected chi connectivity index (χ0v) is 11.3. The number of benzene rings is 1. The number of para-hydroxylation sites is 1. The van der Waals surface area contributed by atoms with Gasteiger partial charge in [0.25, 0.3) is 0 Å². The first-order chi connectivity index (χ1) is 9.58. The minimum atomic E-state index is -1.00. The van der Waals surface area contributed by atoms with Crippen molar-refractivity contribution in [2.75, 3.05) is 20.1 Å². The molecule has 106 valence electrons. The third kappa shape index (κ3) is 2.02. The van der Waals surface area contributed by atoms with Crippen LogP contribution in [0.3, 0.4) is 0 Å². The van der Waals surface area contributed by atoms with Gasteiger partial charge >= 0.3 is 11.7 Å². The Balaban J connectivity index is 2.17. The number of nitrogens with one attached hydrogen (secondary N) is 1. The first kappa shape index (κ1) is 12.9. The summed E-state index contributed by atoms with van der Waals surface area (Å²) in [7, 11) is 2.05. The molecule has 1 aliphatic heterocycles. The van der Waals surface area contributed by atoms with Crippen LogP contribution < -0.4 is 5.69 Å². The number of aromatic carboxylic acids is 1. The number of fused-ring (bicyclic) bond motifs is 1. The molecule has 1 fully saturated rings. The predicted molar refractivity (Wildman–Crippen MR) is 75.3 cm³/mol. The molecular formula is C14H17N3O3. The zero-order valence-electron chi connectivity index (χ0n) is 11.3. The molecule has 0 atom stereocenters. The van der Waals surface area contributed by atoms with Crippen LogP contribution in [0, 0.1) is 0 Å². The molecule has 1 aliphatic rings. The number of carbonyl (C=O) groups is 1. The molecule has 0 saturated carbocycles. The van der Waals surface area contributed by atoms with E-state index < -0.39 is 5.97 Å². The molecule has 6 heteroatoms. The standard InChI is InChI=1S/C14H17N3O3/c1-16-7-5-9(6-8-16)17-12-10(13(18)19)3-2-4-11(12)15-14(17)20/h2-4,9H,5-8H2,1H3,(H,15,20)(H,18,19). The van der Waals surface area contributed by atoms with Gasteiger partial charge < -0.3 is 15.0 Å². The maximum absolute atomic E-state index is 12.2. The number of carboxylic acid groups (broad SMARTS) is 1. The number of imidazole rings is 1. The first-order valence-electron chi connectivity index (χ1n) is 6.73. The molecule has 0 unspecified atom stereocenters. The van der Waals surface area contributed by atoms with Crippen molar-refractivity contribution in [1.29, 1.82) is 0 Å². The molecule has 2 heterocycles. The third-order valence-electron chi connectivity index (χ3n) is 4.02. The molecule has 0 amide bonds. The number of aromatic amines is 1. The number of hydrogen-bond acceptors (Lipinski definition) is 3. The largest absolute Gasteiger partial charge is 0.478 e. The van der Waals surface area contributed by atoms with Crippen LogP contribution in [0.4, 0.5) is 0 Å². The van der Waals surface area contributed by atoms with Gasteiger partial charge in [0, 0.05) is 6.04 Å². The van der Waals surface area contributed by atoms with Crippen LogP contribution in [0.2, 0.25) is 0 Å². The Kier molecular flexibility index (Phi) is 3.10. The van der Waals surface area contributed by atoms with Gasteiger partial charge in [-0.2, -0.15) is 0 Å². The highest BCUT2D eigenvalue weighted by Gasteiger charge is 2.24. The van der Waals surface area contributed by atoms with E-state index in [2.05, 4.69) is 16.9 Å². The molecule has 1 aromatic heterocycles. The Morgan fingerprint density at radius 2 is 2.05 bits per heavy atom. The molecule has 3 rings (SSSR count). The summed E-state index contributed by atoms with van der Waals surface area (Å²) in [5, 5.41) is 9.32. The number of piperidine rings is 1. The number of nitrogens with zero attached hydrogens (tertiary/aromatic N) is 2. The monoisotopic (exact) mass is 275 g/mol. The lowest BCUT2D eigenvalue weighted by molar-refractivity contribution is 0.0698. The van der Waals surface area contributed by atoms with Crippen LogP contribution in [-0.2, 0) is 0 Å². The van der Waals surface area contributed by atoms with Gasteiger partial charge in [0.2, 0.25) is 0 Å². The summed E-state index contributed by atoms with van der Waals surface area (Å²) in [6.07, 6.45) is 1.72. The smallest absolute Gasteiger partial charge is 0.337 e. The van der Waals surface area contributed by atoms with Crippen molar-refractivity contribution >= 4 is 17.0 Å². The molecule has 0 spiro atoms. The van der Waals surface area contributed by atoms with Crippen LogP contribution in [0.1, 0.15) is 29.2 Å². The van der Waals surface area contributed by atoms with Crippen molar-refractivity contribution in [3.05, 3.63) is 34.2 Å². The van der Waals surface area contributed by atoms with Gasteiger partial charge in [-0.25, -0.2) is 9.59 Å². The number of hydrogen-bond donors (Lipinski definition) is 2. The van der Waals surface area contributed by atoms with Crippen molar-refractivity contribution in [2.45, 2.75) is 18.9 Å². The lowest BCUT2D eigenvalue weighted by atomic mass is 10.0. The van der Waals surface area contributed by atoms with Crippen molar-refractivity contribution < 1.29 is 9.90 Å². The molecule has 2 aromatic rings. The fourth-order valence-electron chi connectivity index (χ4n) is 2.96. The second kappa shape index (κ2) is 4.79. The van der Waals surface area contributed by atoms with Gasteiger partial charge in [0.15, 0.2) is 0 Å². The fraction of sp³-hybridized carbons (Fsp3) is 0.429. The van der Waals surface area contributed by atoms with E-state index in [1.807, 2.05) is 0 Å². The second-order valence-corrected chi connectivity index (χ2v) is 5.34. The van der Waals surface area contributed by atoms with Crippen molar-refractivity contribution in [2.24, 2.45) is 0 Å². The van der Waals surface area contributed by atoms with E-state index in [0.717, 1.165) is 25.9 Å². The first-order valence-corrected chi connectivity index (χ1v) is 6.73. The summed E-state index contributed by atoms with van der Waals surface area (Å²) >= 11 is 0. The molecule has 2 N–H and O–H groups in total. The lowest BCUT2D eigenvalue weighted by Crippen LogP contribution is -2.34. The van der Waals surface area contributed by atoms with Crippen LogP contribution in [0.15, 0.2) is 23.0 Å². The van der Waals surface area contributed by atoms with Crippen molar-refractivity contribution in [1.82, 2.24) is 14.5 Å². The van der Waals surface area contributed by atoms with Crippen LogP contribution in [-0.4, -0.2) is 45.7 Å². The second-order valence-electron chi connectivity index (χ2n) is 5.34. The third-order valence-corrected chi connectivity index (χ3v) is 4.02. The number of likely N-dealkylation sites (tertiary alicyclic amines) is 1. The average Bonchev–Trinajstić information content (AvgIpc) is 2.75. The highest BCUT2D eigenvalue weighted by molar-refractivity contribution is 6.01. The summed E-state index contributed by atoms with van der Waals surface area (Å²) in [5.41, 5.74) is 1.07. The summed E-state index contributed by atoms with van der Waals surface area (Å²) < 4.78 is 1.63. The highest BCUT2D eigenvalue weighted by Crippen LogP contribution is 2.26. The Hall–Kier alpha value is -2.08. The SMILES string of the molecule is CN1CCC(n2c(=O)[nH]c3cccc(C(=O)O)c32)CC1. The highest BCUT2D eigenvalue weighted by atomic mass is 16.4. The number of H-pyrrole nitrogens is 1. The van der Waals surface area contributed by atoms with Gasteiger partial charge in [0.1, 0.15) is 0 Å². The molecule has 20 heavy (non-hydrogen) atoms. The Morgan fingerprint density at radius 3 is 2.70 bits per heavy atom. The van der Waals surface area contributed by atoms with E-state index in [1.54, 1.807) is 22.8 Å². The number of rotatable bonds is 2. The zero-order chi connectivity index (χ0) is 14.3. The van der Waals surface area contributed by atoms with E-state index in [9.17, 15) is 14.7 Å². The van der Waals surface area contributed by atoms with E-state index in [1.165, 1.54) is 0 Å². The van der Waals surface area contributed by atoms with Gasteiger partial charge in [-0.05, 0) is 45.1 Å². The van der Waals surface area contributed by atoms with Gasteiger partial charge in [0.05, 0.1) is 16.6 Å². The lowest BCUT2D eigenvalue weighted by Gasteiger charge is -2.29. The molecule has 0 aliphatic carbocycles. The quantitative estimate of drug-likeness (QED) is 0.865. The van der Waals surface area contributed by atoms with E-state index in [4.69, 9.17) is 0 Å². The molecule has 6 nitrogen and oxygen atoms in total. The Bertz CT molecular complexity index is 708. The van der Waals surface area contributed by atoms with Gasteiger partial charge in [-0.1, -0.05) is 6.07 Å². The van der Waals surface area contributed by atoms with Gasteiger partial charge in [-0.3, -0.25) is 4.57 Å². The topological polar surface area (TPSA) is 78.3 Å². The average molecular weight is 275 g/mol. The van der Waals surface area contributed by atoms with Crippen LogP contribution >= 0.6 is 0 Å². The summed E-state index contributed by atoms with van der Waals surface area (Å²) in [4.78, 5) is 28.5. The Labute approximate surface area is 115 Å². The molecular weight excluding hydrogens is 258 g/mol. The molecule has 1 aromatic carbocycles. The maximum Gasteiger partial charge on any atom is 0.337 e. The minimum absolute atomic E-state index is 0.0629. The van der Waals surface area contributed by atoms with E-state index in [-0.39, 0.29) is 17.3 Å². The Morgan fingerprint density at radius 1 is 1.35 bits per heavy atom. The molecule has 0 radical (unpaired) electrons. The van der Waals surface area contributed by atoms with Crippen molar-refractivity contribution in [3.63, 3.8) is 0 Å². The molecule has 0 bridgehead atoms. The van der Waals surface area contributed by atoms with Gasteiger partial charge in [-0.15, -0.1) is 0 Å². The normalized spacial score (nSPS) is 17.6. The summed E-state index contributed by atoms with van der Waals surface area (Å²) in [5.74, 6) is -1.00. The minimum Gasteiger partial charge on any atom is -0.478 e. The molecule has 1 saturated heterocycles. The van der Waals surface area contributed by atoms with E-state index in [0.29, 0.717) is 11.0 Å². The predicted octanol–water partition coefficient (Wildman–Crippen LogP) is 1.29.